The minimum absolute atomic E-state index is 0.0519. The average Bonchev–Trinajstić information content (AvgIpc) is 2.46. The molecule has 0 spiro atoms. The van der Waals surface area contributed by atoms with Crippen molar-refractivity contribution in [2.24, 2.45) is 0 Å². The highest BCUT2D eigenvalue weighted by Crippen LogP contribution is 2.26. The summed E-state index contributed by atoms with van der Waals surface area (Å²) in [6, 6.07) is 12.1. The number of ketones is 1. The first-order valence-electron chi connectivity index (χ1n) is 6.66. The number of hydrogen-bond acceptors (Lipinski definition) is 3. The van der Waals surface area contributed by atoms with Gasteiger partial charge in [-0.3, -0.25) is 4.79 Å². The number of hydrogen-bond donors (Lipinski definition) is 0. The first kappa shape index (κ1) is 15.4. The summed E-state index contributed by atoms with van der Waals surface area (Å²) in [6.45, 7) is 3.88. The molecule has 0 aliphatic rings. The third kappa shape index (κ3) is 3.76. The Hall–Kier alpha value is -2.00. The smallest absolute Gasteiger partial charge is 0.196 e. The van der Waals surface area contributed by atoms with Crippen molar-refractivity contribution in [1.29, 1.82) is 0 Å². The van der Waals surface area contributed by atoms with Crippen molar-refractivity contribution in [3.05, 3.63) is 58.6 Å². The maximum absolute atomic E-state index is 12.6. The molecule has 0 atom stereocenters. The van der Waals surface area contributed by atoms with Gasteiger partial charge in [-0.1, -0.05) is 23.7 Å². The molecule has 0 aliphatic heterocycles. The molecule has 2 rings (SSSR count). The molecular formula is C17H17ClO3. The number of benzene rings is 2. The topological polar surface area (TPSA) is 35.5 Å². The predicted octanol–water partition coefficient (Wildman–Crippen LogP) is 4.37. The lowest BCUT2D eigenvalue weighted by Gasteiger charge is -2.12. The van der Waals surface area contributed by atoms with Gasteiger partial charge in [-0.05, 0) is 44.2 Å². The zero-order valence-corrected chi connectivity index (χ0v) is 13.0. The van der Waals surface area contributed by atoms with Crippen molar-refractivity contribution >= 4 is 17.4 Å². The Labute approximate surface area is 129 Å². The number of ether oxygens (including phenoxy) is 2. The first-order valence-corrected chi connectivity index (χ1v) is 7.04. The van der Waals surface area contributed by atoms with Crippen LogP contribution in [0.4, 0.5) is 0 Å². The van der Waals surface area contributed by atoms with Gasteiger partial charge in [0.25, 0.3) is 0 Å². The van der Waals surface area contributed by atoms with E-state index in [1.165, 1.54) is 7.11 Å². The van der Waals surface area contributed by atoms with Gasteiger partial charge in [0.15, 0.2) is 5.78 Å². The van der Waals surface area contributed by atoms with Gasteiger partial charge in [0.2, 0.25) is 0 Å². The molecule has 2 aromatic rings. The molecule has 0 aromatic heterocycles. The van der Waals surface area contributed by atoms with Gasteiger partial charge in [0.1, 0.15) is 11.5 Å². The fourth-order valence-electron chi connectivity index (χ4n) is 2.00. The molecule has 0 N–H and O–H groups in total. The van der Waals surface area contributed by atoms with Crippen LogP contribution in [0.15, 0.2) is 42.5 Å². The fraction of sp³-hybridized carbons (Fsp3) is 0.235. The third-order valence-corrected chi connectivity index (χ3v) is 3.11. The molecular weight excluding hydrogens is 288 g/mol. The molecule has 0 bridgehead atoms. The Morgan fingerprint density at radius 3 is 2.57 bits per heavy atom. The van der Waals surface area contributed by atoms with Crippen LogP contribution in [0.25, 0.3) is 0 Å². The van der Waals surface area contributed by atoms with Crippen molar-refractivity contribution in [2.45, 2.75) is 20.0 Å². The second kappa shape index (κ2) is 6.64. The summed E-state index contributed by atoms with van der Waals surface area (Å²) in [6.07, 6.45) is 0.0519. The first-order chi connectivity index (χ1) is 10.0. The molecule has 0 aliphatic carbocycles. The van der Waals surface area contributed by atoms with Crippen LogP contribution in [0, 0.1) is 0 Å². The highest BCUT2D eigenvalue weighted by atomic mass is 35.5. The summed E-state index contributed by atoms with van der Waals surface area (Å²) in [5.74, 6) is 1.01. The number of methoxy groups -OCH3 is 1. The van der Waals surface area contributed by atoms with Crippen LogP contribution in [-0.4, -0.2) is 19.0 Å². The van der Waals surface area contributed by atoms with Gasteiger partial charge < -0.3 is 9.47 Å². The summed E-state index contributed by atoms with van der Waals surface area (Å²) >= 11 is 5.97. The molecule has 0 saturated carbocycles. The van der Waals surface area contributed by atoms with Crippen LogP contribution < -0.4 is 9.47 Å². The highest BCUT2D eigenvalue weighted by Gasteiger charge is 2.16. The second-order valence-electron chi connectivity index (χ2n) is 4.87. The molecule has 3 nitrogen and oxygen atoms in total. The van der Waals surface area contributed by atoms with Gasteiger partial charge in [-0.25, -0.2) is 0 Å². The van der Waals surface area contributed by atoms with Crippen LogP contribution >= 0.6 is 11.6 Å². The minimum atomic E-state index is -0.149. The summed E-state index contributed by atoms with van der Waals surface area (Å²) in [5.41, 5.74) is 0.973. The number of rotatable bonds is 5. The van der Waals surface area contributed by atoms with Gasteiger partial charge in [0.05, 0.1) is 18.8 Å². The summed E-state index contributed by atoms with van der Waals surface area (Å²) in [4.78, 5) is 12.6. The highest BCUT2D eigenvalue weighted by molar-refractivity contribution is 6.31. The SMILES string of the molecule is COc1ccc(Cl)cc1C(=O)c1cccc(OC(C)C)c1. The Kier molecular flexibility index (Phi) is 4.86. The number of carbonyl (C=O) groups is 1. The molecule has 0 heterocycles. The molecule has 0 saturated heterocycles. The fourth-order valence-corrected chi connectivity index (χ4v) is 2.17. The molecule has 0 amide bonds. The Morgan fingerprint density at radius 2 is 1.90 bits per heavy atom. The van der Waals surface area contributed by atoms with Crippen LogP contribution in [0.5, 0.6) is 11.5 Å². The van der Waals surface area contributed by atoms with Crippen LogP contribution in [0.2, 0.25) is 5.02 Å². The molecule has 0 unspecified atom stereocenters. The molecule has 110 valence electrons. The molecule has 0 radical (unpaired) electrons. The van der Waals surface area contributed by atoms with E-state index in [1.807, 2.05) is 19.9 Å². The van der Waals surface area contributed by atoms with Gasteiger partial charge in [-0.15, -0.1) is 0 Å². The third-order valence-electron chi connectivity index (χ3n) is 2.87. The van der Waals surface area contributed by atoms with E-state index in [4.69, 9.17) is 21.1 Å². The Morgan fingerprint density at radius 1 is 1.14 bits per heavy atom. The largest absolute Gasteiger partial charge is 0.496 e. The van der Waals surface area contributed by atoms with Crippen LogP contribution in [-0.2, 0) is 0 Å². The van der Waals surface area contributed by atoms with Crippen LogP contribution in [0.3, 0.4) is 0 Å². The normalized spacial score (nSPS) is 10.5. The van der Waals surface area contributed by atoms with E-state index in [-0.39, 0.29) is 11.9 Å². The summed E-state index contributed by atoms with van der Waals surface area (Å²) < 4.78 is 10.8. The zero-order valence-electron chi connectivity index (χ0n) is 12.2. The quantitative estimate of drug-likeness (QED) is 0.770. The maximum atomic E-state index is 12.6. The van der Waals surface area contributed by atoms with E-state index >= 15 is 0 Å². The van der Waals surface area contributed by atoms with E-state index in [2.05, 4.69) is 0 Å². The van der Waals surface area contributed by atoms with Crippen molar-refractivity contribution in [2.75, 3.05) is 7.11 Å². The molecule has 2 aromatic carbocycles. The Bertz CT molecular complexity index is 650. The van der Waals surface area contributed by atoms with Gasteiger partial charge >= 0.3 is 0 Å². The van der Waals surface area contributed by atoms with Crippen LogP contribution in [0.1, 0.15) is 29.8 Å². The van der Waals surface area contributed by atoms with E-state index < -0.39 is 0 Å². The van der Waals surface area contributed by atoms with Gasteiger partial charge in [0, 0.05) is 10.6 Å². The minimum Gasteiger partial charge on any atom is -0.496 e. The average molecular weight is 305 g/mol. The standard InChI is InChI=1S/C17H17ClO3/c1-11(2)21-14-6-4-5-12(9-14)17(19)15-10-13(18)7-8-16(15)20-3/h4-11H,1-3H3. The van der Waals surface area contributed by atoms with Crippen molar-refractivity contribution in [1.82, 2.24) is 0 Å². The van der Waals surface area contributed by atoms with E-state index in [0.29, 0.717) is 27.6 Å². The molecule has 21 heavy (non-hydrogen) atoms. The zero-order chi connectivity index (χ0) is 15.4. The maximum Gasteiger partial charge on any atom is 0.196 e. The number of carbonyl (C=O) groups excluding carboxylic acids is 1. The van der Waals surface area contributed by atoms with E-state index in [0.717, 1.165) is 0 Å². The summed E-state index contributed by atoms with van der Waals surface area (Å²) in [5, 5.41) is 0.494. The predicted molar refractivity (Wildman–Crippen MR) is 83.6 cm³/mol. The lowest BCUT2D eigenvalue weighted by molar-refractivity contribution is 0.103. The molecule has 4 heteroatoms. The Balaban J connectivity index is 2.38. The summed E-state index contributed by atoms with van der Waals surface area (Å²) in [7, 11) is 1.53. The monoisotopic (exact) mass is 304 g/mol. The van der Waals surface area contributed by atoms with Gasteiger partial charge in [-0.2, -0.15) is 0 Å². The van der Waals surface area contributed by atoms with Crippen molar-refractivity contribution in [3.8, 4) is 11.5 Å². The van der Waals surface area contributed by atoms with Crippen molar-refractivity contribution in [3.63, 3.8) is 0 Å². The second-order valence-corrected chi connectivity index (χ2v) is 5.30. The lowest BCUT2D eigenvalue weighted by Crippen LogP contribution is -2.07. The molecule has 0 fully saturated rings. The number of halogens is 1. The van der Waals surface area contributed by atoms with E-state index in [9.17, 15) is 4.79 Å². The lowest BCUT2D eigenvalue weighted by atomic mass is 10.0. The van der Waals surface area contributed by atoms with E-state index in [1.54, 1.807) is 36.4 Å². The van der Waals surface area contributed by atoms with Crippen molar-refractivity contribution < 1.29 is 14.3 Å².